The van der Waals surface area contributed by atoms with Crippen molar-refractivity contribution in [2.45, 2.75) is 38.6 Å². The topological polar surface area (TPSA) is 55.6 Å². The molecule has 0 aliphatic heterocycles. The van der Waals surface area contributed by atoms with E-state index < -0.39 is 5.54 Å². The fourth-order valence-electron chi connectivity index (χ4n) is 2.17. The number of amides is 1. The van der Waals surface area contributed by atoms with E-state index in [0.717, 1.165) is 18.6 Å². The molecule has 0 fully saturated rings. The maximum absolute atomic E-state index is 12.2. The van der Waals surface area contributed by atoms with Gasteiger partial charge in [0, 0.05) is 13.6 Å². The van der Waals surface area contributed by atoms with Crippen LogP contribution in [0.2, 0.25) is 0 Å². The number of nitrogens with two attached hydrogens (primary N) is 1. The molecule has 1 aromatic rings. The van der Waals surface area contributed by atoms with Crippen molar-refractivity contribution in [2.75, 3.05) is 20.2 Å². The van der Waals surface area contributed by atoms with Gasteiger partial charge in [0.05, 0.1) is 12.1 Å². The van der Waals surface area contributed by atoms with Gasteiger partial charge in [-0.15, -0.1) is 0 Å². The van der Waals surface area contributed by atoms with Crippen molar-refractivity contribution in [1.29, 1.82) is 0 Å². The number of hydrogen-bond donors (Lipinski definition) is 1. The number of para-hydroxylation sites is 1. The summed E-state index contributed by atoms with van der Waals surface area (Å²) in [4.78, 5) is 13.9. The molecule has 4 nitrogen and oxygen atoms in total. The van der Waals surface area contributed by atoms with Gasteiger partial charge in [-0.05, 0) is 31.9 Å². The number of likely N-dealkylation sites (N-methyl/N-ethyl adjacent to an activating group) is 1. The van der Waals surface area contributed by atoms with E-state index in [9.17, 15) is 4.79 Å². The number of benzene rings is 1. The van der Waals surface area contributed by atoms with Gasteiger partial charge < -0.3 is 15.4 Å². The second-order valence-electron chi connectivity index (χ2n) is 5.41. The molecule has 1 amide bonds. The summed E-state index contributed by atoms with van der Waals surface area (Å²) in [5, 5.41) is 0. The minimum atomic E-state index is -0.760. The van der Waals surface area contributed by atoms with Crippen LogP contribution in [-0.2, 0) is 4.79 Å². The summed E-state index contributed by atoms with van der Waals surface area (Å²) in [6, 6.07) is 9.68. The fourth-order valence-corrected chi connectivity index (χ4v) is 2.17. The standard InChI is InChI=1S/C16H26N2O2/c1-4-11-16(2,17)15(19)18(3)12-8-13-20-14-9-6-5-7-10-14/h5-7,9-10H,4,8,11-13,17H2,1-3H3. The molecule has 0 radical (unpaired) electrons. The summed E-state index contributed by atoms with van der Waals surface area (Å²) in [6.07, 6.45) is 2.40. The molecule has 0 spiro atoms. The first kappa shape index (κ1) is 16.5. The van der Waals surface area contributed by atoms with Gasteiger partial charge in [0.15, 0.2) is 0 Å². The van der Waals surface area contributed by atoms with E-state index in [2.05, 4.69) is 0 Å². The second-order valence-corrected chi connectivity index (χ2v) is 5.41. The van der Waals surface area contributed by atoms with E-state index in [1.807, 2.05) is 37.3 Å². The second kappa shape index (κ2) is 7.90. The van der Waals surface area contributed by atoms with Crippen molar-refractivity contribution in [2.24, 2.45) is 5.73 Å². The van der Waals surface area contributed by atoms with Crippen LogP contribution in [0.1, 0.15) is 33.1 Å². The molecule has 0 saturated carbocycles. The van der Waals surface area contributed by atoms with Crippen LogP contribution in [0.3, 0.4) is 0 Å². The van der Waals surface area contributed by atoms with E-state index in [4.69, 9.17) is 10.5 Å². The maximum atomic E-state index is 12.2. The SMILES string of the molecule is CCCC(C)(N)C(=O)N(C)CCCOc1ccccc1. The minimum Gasteiger partial charge on any atom is -0.494 e. The lowest BCUT2D eigenvalue weighted by Gasteiger charge is -2.29. The first-order valence-electron chi connectivity index (χ1n) is 7.19. The molecule has 0 aliphatic carbocycles. The largest absolute Gasteiger partial charge is 0.494 e. The van der Waals surface area contributed by atoms with Gasteiger partial charge in [-0.25, -0.2) is 0 Å². The van der Waals surface area contributed by atoms with Crippen molar-refractivity contribution in [3.8, 4) is 5.75 Å². The lowest BCUT2D eigenvalue weighted by Crippen LogP contribution is -2.52. The summed E-state index contributed by atoms with van der Waals surface area (Å²) in [6.45, 7) is 5.08. The van der Waals surface area contributed by atoms with Gasteiger partial charge in [-0.2, -0.15) is 0 Å². The van der Waals surface area contributed by atoms with Gasteiger partial charge in [0.2, 0.25) is 5.91 Å². The smallest absolute Gasteiger partial charge is 0.242 e. The number of nitrogens with zero attached hydrogens (tertiary/aromatic N) is 1. The molecule has 20 heavy (non-hydrogen) atoms. The van der Waals surface area contributed by atoms with Gasteiger partial charge in [0.1, 0.15) is 5.75 Å². The zero-order valence-corrected chi connectivity index (χ0v) is 12.8. The molecule has 0 aromatic heterocycles. The van der Waals surface area contributed by atoms with Crippen LogP contribution >= 0.6 is 0 Å². The van der Waals surface area contributed by atoms with Gasteiger partial charge >= 0.3 is 0 Å². The number of hydrogen-bond acceptors (Lipinski definition) is 3. The van der Waals surface area contributed by atoms with Gasteiger partial charge in [-0.1, -0.05) is 31.5 Å². The first-order valence-corrected chi connectivity index (χ1v) is 7.19. The Morgan fingerprint density at radius 2 is 2.00 bits per heavy atom. The monoisotopic (exact) mass is 278 g/mol. The molecule has 1 unspecified atom stereocenters. The normalized spacial score (nSPS) is 13.6. The Morgan fingerprint density at radius 1 is 1.35 bits per heavy atom. The maximum Gasteiger partial charge on any atom is 0.242 e. The van der Waals surface area contributed by atoms with Crippen LogP contribution < -0.4 is 10.5 Å². The average Bonchev–Trinajstić information content (AvgIpc) is 2.43. The van der Waals surface area contributed by atoms with Crippen LogP contribution in [-0.4, -0.2) is 36.5 Å². The van der Waals surface area contributed by atoms with Gasteiger partial charge in [-0.3, -0.25) is 4.79 Å². The van der Waals surface area contributed by atoms with E-state index in [-0.39, 0.29) is 5.91 Å². The quantitative estimate of drug-likeness (QED) is 0.743. The Morgan fingerprint density at radius 3 is 2.60 bits per heavy atom. The molecule has 0 aliphatic rings. The summed E-state index contributed by atoms with van der Waals surface area (Å²) < 4.78 is 5.60. The molecular weight excluding hydrogens is 252 g/mol. The third-order valence-corrected chi connectivity index (χ3v) is 3.25. The highest BCUT2D eigenvalue weighted by Gasteiger charge is 2.29. The van der Waals surface area contributed by atoms with Crippen LogP contribution in [0.25, 0.3) is 0 Å². The molecule has 0 saturated heterocycles. The zero-order valence-electron chi connectivity index (χ0n) is 12.8. The fraction of sp³-hybridized carbons (Fsp3) is 0.562. The van der Waals surface area contributed by atoms with Crippen molar-refractivity contribution in [3.63, 3.8) is 0 Å². The summed E-state index contributed by atoms with van der Waals surface area (Å²) in [7, 11) is 1.80. The van der Waals surface area contributed by atoms with Crippen LogP contribution in [0.4, 0.5) is 0 Å². The van der Waals surface area contributed by atoms with Crippen LogP contribution in [0, 0.1) is 0 Å². The molecular formula is C16H26N2O2. The molecule has 112 valence electrons. The Kier molecular flexibility index (Phi) is 6.52. The highest BCUT2D eigenvalue weighted by molar-refractivity contribution is 5.85. The number of carbonyl (C=O) groups excluding carboxylic acids is 1. The van der Waals surface area contributed by atoms with Crippen LogP contribution in [0.5, 0.6) is 5.75 Å². The Labute approximate surface area is 121 Å². The van der Waals surface area contributed by atoms with Crippen molar-refractivity contribution in [3.05, 3.63) is 30.3 Å². The first-order chi connectivity index (χ1) is 9.47. The minimum absolute atomic E-state index is 0.000869. The summed E-state index contributed by atoms with van der Waals surface area (Å²) in [5.41, 5.74) is 5.28. The Balaban J connectivity index is 2.29. The Bertz CT molecular complexity index is 404. The molecule has 0 bridgehead atoms. The molecule has 0 heterocycles. The van der Waals surface area contributed by atoms with Crippen molar-refractivity contribution >= 4 is 5.91 Å². The molecule has 2 N–H and O–H groups in total. The number of carbonyl (C=O) groups is 1. The lowest BCUT2D eigenvalue weighted by atomic mass is 9.96. The van der Waals surface area contributed by atoms with E-state index in [1.54, 1.807) is 18.9 Å². The van der Waals surface area contributed by atoms with E-state index in [1.165, 1.54) is 0 Å². The van der Waals surface area contributed by atoms with Gasteiger partial charge in [0.25, 0.3) is 0 Å². The molecule has 4 heteroatoms. The lowest BCUT2D eigenvalue weighted by molar-refractivity contribution is -0.135. The van der Waals surface area contributed by atoms with Crippen LogP contribution in [0.15, 0.2) is 30.3 Å². The van der Waals surface area contributed by atoms with Crippen molar-refractivity contribution in [1.82, 2.24) is 4.90 Å². The summed E-state index contributed by atoms with van der Waals surface area (Å²) in [5.74, 6) is 0.857. The zero-order chi connectivity index (χ0) is 15.0. The third kappa shape index (κ3) is 5.21. The average molecular weight is 278 g/mol. The number of rotatable bonds is 8. The van der Waals surface area contributed by atoms with Crippen molar-refractivity contribution < 1.29 is 9.53 Å². The predicted molar refractivity (Wildman–Crippen MR) is 81.7 cm³/mol. The highest BCUT2D eigenvalue weighted by Crippen LogP contribution is 2.12. The highest BCUT2D eigenvalue weighted by atomic mass is 16.5. The summed E-state index contributed by atoms with van der Waals surface area (Å²) >= 11 is 0. The number of ether oxygens (including phenoxy) is 1. The van der Waals surface area contributed by atoms with E-state index >= 15 is 0 Å². The molecule has 1 atom stereocenters. The molecule has 1 rings (SSSR count). The predicted octanol–water partition coefficient (Wildman–Crippen LogP) is 2.43. The molecule has 1 aromatic carbocycles. The van der Waals surface area contributed by atoms with E-state index in [0.29, 0.717) is 19.6 Å². The Hall–Kier alpha value is -1.55. The third-order valence-electron chi connectivity index (χ3n) is 3.25.